The normalized spacial score (nSPS) is 20.3. The number of hydrogen-bond donors (Lipinski definition) is 1. The van der Waals surface area contributed by atoms with E-state index in [2.05, 4.69) is 17.1 Å². The number of rotatable bonds is 5. The summed E-state index contributed by atoms with van der Waals surface area (Å²) in [6.45, 7) is 8.11. The van der Waals surface area contributed by atoms with E-state index >= 15 is 0 Å². The minimum atomic E-state index is -0.134. The van der Waals surface area contributed by atoms with Crippen LogP contribution < -0.4 is 10.2 Å². The smallest absolute Gasteiger partial charge is 0.317 e. The van der Waals surface area contributed by atoms with Gasteiger partial charge in [-0.25, -0.2) is 4.79 Å². The van der Waals surface area contributed by atoms with Gasteiger partial charge in [-0.1, -0.05) is 17.7 Å². The number of nitrogens with zero attached hydrogens (tertiary/aromatic N) is 2. The quantitative estimate of drug-likeness (QED) is 0.759. The van der Waals surface area contributed by atoms with Crippen LogP contribution in [0.5, 0.6) is 0 Å². The second kappa shape index (κ2) is 9.50. The van der Waals surface area contributed by atoms with Crippen molar-refractivity contribution in [3.63, 3.8) is 0 Å². The molecule has 1 N–H and O–H groups in total. The van der Waals surface area contributed by atoms with Gasteiger partial charge >= 0.3 is 12.0 Å². The fourth-order valence-corrected chi connectivity index (χ4v) is 4.23. The third kappa shape index (κ3) is 5.10. The Labute approximate surface area is 172 Å². The molecule has 2 aliphatic rings. The molecule has 0 radical (unpaired) electrons. The Morgan fingerprint density at radius 2 is 1.96 bits per heavy atom. The minimum absolute atomic E-state index is 0.0281. The van der Waals surface area contributed by atoms with Gasteiger partial charge in [0.25, 0.3) is 0 Å². The summed E-state index contributed by atoms with van der Waals surface area (Å²) >= 11 is 6.15. The van der Waals surface area contributed by atoms with Crippen LogP contribution in [0.2, 0.25) is 5.02 Å². The van der Waals surface area contributed by atoms with Crippen LogP contribution in [0, 0.1) is 18.8 Å². The van der Waals surface area contributed by atoms with Crippen LogP contribution in [0.3, 0.4) is 0 Å². The zero-order valence-corrected chi connectivity index (χ0v) is 17.5. The molecule has 7 heteroatoms. The summed E-state index contributed by atoms with van der Waals surface area (Å²) in [4.78, 5) is 28.4. The van der Waals surface area contributed by atoms with Crippen molar-refractivity contribution in [2.45, 2.75) is 33.1 Å². The van der Waals surface area contributed by atoms with E-state index in [4.69, 9.17) is 16.3 Å². The summed E-state index contributed by atoms with van der Waals surface area (Å²) in [7, 11) is 0. The van der Waals surface area contributed by atoms with Crippen molar-refractivity contribution in [1.29, 1.82) is 0 Å². The number of piperidine rings is 1. The maximum atomic E-state index is 12.5. The molecule has 3 rings (SSSR count). The molecule has 0 aromatic heterocycles. The van der Waals surface area contributed by atoms with Gasteiger partial charge in [-0.2, -0.15) is 0 Å². The Balaban J connectivity index is 1.42. The van der Waals surface area contributed by atoms with Gasteiger partial charge in [0.15, 0.2) is 0 Å². The molecule has 2 saturated heterocycles. The van der Waals surface area contributed by atoms with E-state index < -0.39 is 0 Å². The number of aryl methyl sites for hydroxylation is 1. The SMILES string of the molecule is CCOC(=O)C1CCN(C(=O)NCC2CCN(c3cc(Cl)ccc3C)C2)CC1. The summed E-state index contributed by atoms with van der Waals surface area (Å²) in [5.41, 5.74) is 2.40. The second-order valence-electron chi connectivity index (χ2n) is 7.73. The Morgan fingerprint density at radius 3 is 2.68 bits per heavy atom. The van der Waals surface area contributed by atoms with Gasteiger partial charge in [-0.05, 0) is 56.7 Å². The minimum Gasteiger partial charge on any atom is -0.466 e. The first-order valence-electron chi connectivity index (χ1n) is 10.2. The lowest BCUT2D eigenvalue weighted by atomic mass is 9.97. The molecule has 1 aromatic rings. The van der Waals surface area contributed by atoms with E-state index in [1.54, 1.807) is 0 Å². The molecule has 0 bridgehead atoms. The number of carbonyl (C=O) groups excluding carboxylic acids is 2. The molecule has 0 saturated carbocycles. The van der Waals surface area contributed by atoms with Crippen LogP contribution in [-0.4, -0.2) is 56.2 Å². The van der Waals surface area contributed by atoms with Gasteiger partial charge in [0.2, 0.25) is 0 Å². The molecule has 0 spiro atoms. The topological polar surface area (TPSA) is 61.9 Å². The number of halogens is 1. The number of hydrogen-bond acceptors (Lipinski definition) is 4. The van der Waals surface area contributed by atoms with Gasteiger partial charge in [0.05, 0.1) is 12.5 Å². The molecule has 28 heavy (non-hydrogen) atoms. The first-order valence-corrected chi connectivity index (χ1v) is 10.6. The fourth-order valence-electron chi connectivity index (χ4n) is 4.06. The molecule has 1 aromatic carbocycles. The number of carbonyl (C=O) groups is 2. The lowest BCUT2D eigenvalue weighted by Gasteiger charge is -2.31. The van der Waals surface area contributed by atoms with Crippen molar-refractivity contribution in [2.75, 3.05) is 44.2 Å². The van der Waals surface area contributed by atoms with Crippen LogP contribution in [0.15, 0.2) is 18.2 Å². The van der Waals surface area contributed by atoms with Crippen molar-refractivity contribution in [3.8, 4) is 0 Å². The molecular formula is C21H30ClN3O3. The van der Waals surface area contributed by atoms with Gasteiger partial charge < -0.3 is 19.9 Å². The Bertz CT molecular complexity index is 704. The van der Waals surface area contributed by atoms with E-state index in [0.29, 0.717) is 45.0 Å². The van der Waals surface area contributed by atoms with Gasteiger partial charge in [-0.3, -0.25) is 4.79 Å². The average molecular weight is 408 g/mol. The summed E-state index contributed by atoms with van der Waals surface area (Å²) in [6, 6.07) is 5.96. The highest BCUT2D eigenvalue weighted by Gasteiger charge is 2.29. The van der Waals surface area contributed by atoms with Crippen LogP contribution in [0.25, 0.3) is 0 Å². The van der Waals surface area contributed by atoms with Crippen molar-refractivity contribution < 1.29 is 14.3 Å². The fraction of sp³-hybridized carbons (Fsp3) is 0.619. The first-order chi connectivity index (χ1) is 13.5. The van der Waals surface area contributed by atoms with E-state index in [-0.39, 0.29) is 17.9 Å². The monoisotopic (exact) mass is 407 g/mol. The predicted molar refractivity (Wildman–Crippen MR) is 111 cm³/mol. The summed E-state index contributed by atoms with van der Waals surface area (Å²) < 4.78 is 5.08. The largest absolute Gasteiger partial charge is 0.466 e. The molecule has 0 aliphatic carbocycles. The number of ether oxygens (including phenoxy) is 1. The Morgan fingerprint density at radius 1 is 1.21 bits per heavy atom. The van der Waals surface area contributed by atoms with Gasteiger partial charge in [0, 0.05) is 43.4 Å². The average Bonchev–Trinajstić information content (AvgIpc) is 3.17. The third-order valence-corrected chi connectivity index (χ3v) is 5.98. The molecule has 2 heterocycles. The third-order valence-electron chi connectivity index (χ3n) is 5.74. The van der Waals surface area contributed by atoms with E-state index in [1.807, 2.05) is 30.0 Å². The number of esters is 1. The van der Waals surface area contributed by atoms with Crippen LogP contribution in [-0.2, 0) is 9.53 Å². The highest BCUT2D eigenvalue weighted by molar-refractivity contribution is 6.30. The predicted octanol–water partition coefficient (Wildman–Crippen LogP) is 3.46. The zero-order valence-electron chi connectivity index (χ0n) is 16.7. The number of amides is 2. The lowest BCUT2D eigenvalue weighted by Crippen LogP contribution is -2.46. The Kier molecular flexibility index (Phi) is 7.05. The van der Waals surface area contributed by atoms with E-state index in [1.165, 1.54) is 11.3 Å². The van der Waals surface area contributed by atoms with Crippen LogP contribution >= 0.6 is 11.6 Å². The summed E-state index contributed by atoms with van der Waals surface area (Å²) in [6.07, 6.45) is 2.41. The van der Waals surface area contributed by atoms with Gasteiger partial charge in [-0.15, -0.1) is 0 Å². The van der Waals surface area contributed by atoms with E-state index in [9.17, 15) is 9.59 Å². The van der Waals surface area contributed by atoms with Crippen LogP contribution in [0.4, 0.5) is 10.5 Å². The highest BCUT2D eigenvalue weighted by Crippen LogP contribution is 2.29. The second-order valence-corrected chi connectivity index (χ2v) is 8.17. The summed E-state index contributed by atoms with van der Waals surface area (Å²) in [5, 5.41) is 3.83. The summed E-state index contributed by atoms with van der Waals surface area (Å²) in [5.74, 6) is 0.220. The molecule has 1 unspecified atom stereocenters. The maximum Gasteiger partial charge on any atom is 0.317 e. The number of nitrogens with one attached hydrogen (secondary N) is 1. The molecule has 2 amide bonds. The van der Waals surface area contributed by atoms with E-state index in [0.717, 1.165) is 24.5 Å². The molecular weight excluding hydrogens is 378 g/mol. The maximum absolute atomic E-state index is 12.5. The number of benzene rings is 1. The molecule has 2 fully saturated rings. The molecule has 154 valence electrons. The molecule has 1 atom stereocenters. The van der Waals surface area contributed by atoms with Crippen molar-refractivity contribution in [1.82, 2.24) is 10.2 Å². The number of urea groups is 1. The van der Waals surface area contributed by atoms with Crippen molar-refractivity contribution in [3.05, 3.63) is 28.8 Å². The lowest BCUT2D eigenvalue weighted by molar-refractivity contribution is -0.149. The van der Waals surface area contributed by atoms with Crippen molar-refractivity contribution in [2.24, 2.45) is 11.8 Å². The first kappa shape index (κ1) is 20.8. The molecule has 6 nitrogen and oxygen atoms in total. The van der Waals surface area contributed by atoms with Gasteiger partial charge in [0.1, 0.15) is 0 Å². The van der Waals surface area contributed by atoms with Crippen LogP contribution in [0.1, 0.15) is 31.7 Å². The zero-order chi connectivity index (χ0) is 20.1. The molecule has 2 aliphatic heterocycles. The number of likely N-dealkylation sites (tertiary alicyclic amines) is 1. The number of anilines is 1. The Hall–Kier alpha value is -1.95. The highest BCUT2D eigenvalue weighted by atomic mass is 35.5. The standard InChI is InChI=1S/C21H30ClN3O3/c1-3-28-20(26)17-7-10-24(11-8-17)21(27)23-13-16-6-9-25(14-16)19-12-18(22)5-4-15(19)2/h4-5,12,16-17H,3,6-11,13-14H2,1-2H3,(H,23,27). The van der Waals surface area contributed by atoms with Crippen molar-refractivity contribution >= 4 is 29.3 Å².